The van der Waals surface area contributed by atoms with Crippen LogP contribution in [0.4, 0.5) is 16.2 Å². The molecule has 3 aromatic rings. The lowest BCUT2D eigenvalue weighted by atomic mass is 10.1. The van der Waals surface area contributed by atoms with E-state index in [-0.39, 0.29) is 31.3 Å². The zero-order valence-electron chi connectivity index (χ0n) is 21.2. The minimum absolute atomic E-state index is 0.0269. The zero-order chi connectivity index (χ0) is 27.3. The summed E-state index contributed by atoms with van der Waals surface area (Å²) < 4.78 is 51.8. The van der Waals surface area contributed by atoms with E-state index in [1.54, 1.807) is 48.9 Å². The second-order valence-electron chi connectivity index (χ2n) is 8.60. The van der Waals surface area contributed by atoms with Crippen molar-refractivity contribution in [2.45, 2.75) is 38.6 Å². The Balaban J connectivity index is 1.51. The Morgan fingerprint density at radius 1 is 1.34 bits per heavy atom. The number of esters is 1. The molecule has 38 heavy (non-hydrogen) atoms. The maximum atomic E-state index is 14.1. The lowest BCUT2D eigenvalue weighted by Gasteiger charge is -2.24. The van der Waals surface area contributed by atoms with Gasteiger partial charge in [-0.2, -0.15) is 15.1 Å². The van der Waals surface area contributed by atoms with Gasteiger partial charge in [-0.3, -0.25) is 18.3 Å². The number of carbonyl (C=O) groups excluding carboxylic acids is 1. The largest absolute Gasteiger partial charge is 0.465 e. The molecule has 1 aromatic carbocycles. The molecule has 1 saturated heterocycles. The molecule has 3 heterocycles. The summed E-state index contributed by atoms with van der Waals surface area (Å²) in [7, 11) is -2.40. The minimum atomic E-state index is -4.08. The predicted octanol–water partition coefficient (Wildman–Crippen LogP) is 3.07. The highest BCUT2D eigenvalue weighted by atomic mass is 31.2. The summed E-state index contributed by atoms with van der Waals surface area (Å²) in [6, 6.07) is 7.40. The number of ether oxygens (including phenoxy) is 2. The van der Waals surface area contributed by atoms with E-state index < -0.39 is 44.7 Å². The first-order valence-electron chi connectivity index (χ1n) is 12.1. The number of alkyl halides is 1. The van der Waals surface area contributed by atoms with Gasteiger partial charge in [0.15, 0.2) is 17.0 Å². The van der Waals surface area contributed by atoms with E-state index >= 15 is 0 Å². The Kier molecular flexibility index (Phi) is 8.77. The number of benzene rings is 1. The summed E-state index contributed by atoms with van der Waals surface area (Å²) in [6.45, 7) is 2.43. The molecule has 2 aromatic heterocycles. The van der Waals surface area contributed by atoms with Crippen LogP contribution in [0.2, 0.25) is 0 Å². The zero-order valence-corrected chi connectivity index (χ0v) is 22.1. The summed E-state index contributed by atoms with van der Waals surface area (Å²) in [6.07, 6.45) is 0.341. The molecule has 0 spiro atoms. The van der Waals surface area contributed by atoms with Gasteiger partial charge in [0.2, 0.25) is 5.95 Å². The molecular weight excluding hydrogens is 520 g/mol. The highest BCUT2D eigenvalue weighted by molar-refractivity contribution is 7.52. The third-order valence-corrected chi connectivity index (χ3v) is 7.48. The summed E-state index contributed by atoms with van der Waals surface area (Å²) in [5.41, 5.74) is 6.68. The quantitative estimate of drug-likeness (QED) is 0.223. The van der Waals surface area contributed by atoms with Crippen LogP contribution >= 0.6 is 7.75 Å². The number of nitrogens with one attached hydrogen (secondary N) is 2. The average Bonchev–Trinajstić information content (AvgIpc) is 3.51. The van der Waals surface area contributed by atoms with Crippen molar-refractivity contribution in [2.75, 3.05) is 38.0 Å². The van der Waals surface area contributed by atoms with Crippen LogP contribution in [0, 0.1) is 5.92 Å². The van der Waals surface area contributed by atoms with Gasteiger partial charge in [-0.15, -0.1) is 0 Å². The van der Waals surface area contributed by atoms with Gasteiger partial charge in [0, 0.05) is 13.0 Å². The molecule has 13 nitrogen and oxygen atoms in total. The van der Waals surface area contributed by atoms with Gasteiger partial charge in [-0.05, 0) is 32.4 Å². The van der Waals surface area contributed by atoms with Gasteiger partial charge >= 0.3 is 13.7 Å². The van der Waals surface area contributed by atoms with Crippen molar-refractivity contribution in [1.29, 1.82) is 0 Å². The Labute approximate surface area is 218 Å². The molecule has 5 unspecified atom stereocenters. The first-order chi connectivity index (χ1) is 18.3. The van der Waals surface area contributed by atoms with E-state index in [4.69, 9.17) is 24.3 Å². The number of fused-ring (bicyclic) bond motifs is 1. The SMILES string of the molecule is CCOC(=O)C(C)NP(=O)(OCC1CC(CF)C(n2cnc3c(NC)nc(N)nc32)O1)Oc1ccccc1. The van der Waals surface area contributed by atoms with E-state index in [9.17, 15) is 13.8 Å². The molecule has 1 fully saturated rings. The standard InChI is InChI=1S/C23H31FN7O6P/c1-4-34-22(32)14(2)30-38(33,37-16-8-6-5-7-9-16)35-12-17-10-15(11-24)21(36-17)31-13-27-18-19(26-3)28-23(25)29-20(18)31/h5-9,13-15,17,21H,4,10-12H2,1-3H3,(H,30,33)(H3,25,26,28,29). The molecule has 206 valence electrons. The number of halogens is 1. The topological polar surface area (TPSA) is 165 Å². The number of imidazole rings is 1. The number of nitrogen functional groups attached to an aromatic ring is 1. The summed E-state index contributed by atoms with van der Waals surface area (Å²) in [5, 5.41) is 5.52. The van der Waals surface area contributed by atoms with E-state index in [1.165, 1.54) is 13.3 Å². The van der Waals surface area contributed by atoms with E-state index in [1.807, 2.05) is 0 Å². The molecule has 15 heteroatoms. The van der Waals surface area contributed by atoms with Gasteiger partial charge in [0.1, 0.15) is 18.0 Å². The van der Waals surface area contributed by atoms with Crippen molar-refractivity contribution in [3.63, 3.8) is 0 Å². The molecule has 0 amide bonds. The van der Waals surface area contributed by atoms with Gasteiger partial charge in [0.25, 0.3) is 0 Å². The molecule has 0 radical (unpaired) electrons. The fourth-order valence-electron chi connectivity index (χ4n) is 4.10. The first kappa shape index (κ1) is 27.7. The van der Waals surface area contributed by atoms with E-state index in [0.29, 0.717) is 17.0 Å². The van der Waals surface area contributed by atoms with Crippen LogP contribution in [0.15, 0.2) is 36.7 Å². The smallest absolute Gasteiger partial charge is 0.459 e. The maximum Gasteiger partial charge on any atom is 0.459 e. The van der Waals surface area contributed by atoms with Crippen molar-refractivity contribution in [2.24, 2.45) is 5.92 Å². The van der Waals surface area contributed by atoms with Gasteiger partial charge < -0.3 is 25.0 Å². The molecule has 1 aliphatic rings. The predicted molar refractivity (Wildman–Crippen MR) is 137 cm³/mol. The monoisotopic (exact) mass is 551 g/mol. The highest BCUT2D eigenvalue weighted by Gasteiger charge is 2.40. The maximum absolute atomic E-state index is 14.1. The van der Waals surface area contributed by atoms with Crippen LogP contribution in [0.3, 0.4) is 0 Å². The van der Waals surface area contributed by atoms with Crippen molar-refractivity contribution in [1.82, 2.24) is 24.6 Å². The Hall–Kier alpha value is -3.32. The number of rotatable bonds is 12. The number of anilines is 2. The van der Waals surface area contributed by atoms with Crippen molar-refractivity contribution in [3.05, 3.63) is 36.7 Å². The lowest BCUT2D eigenvalue weighted by Crippen LogP contribution is -2.35. The Bertz CT molecular complexity index is 1300. The fraction of sp³-hybridized carbons (Fsp3) is 0.478. The Morgan fingerprint density at radius 2 is 2.11 bits per heavy atom. The number of aromatic nitrogens is 4. The number of hydrogen-bond donors (Lipinski definition) is 3. The Morgan fingerprint density at radius 3 is 2.79 bits per heavy atom. The molecule has 0 aliphatic carbocycles. The number of hydrogen-bond acceptors (Lipinski definition) is 11. The van der Waals surface area contributed by atoms with Crippen molar-refractivity contribution < 1.29 is 32.3 Å². The average molecular weight is 552 g/mol. The highest BCUT2D eigenvalue weighted by Crippen LogP contribution is 2.46. The van der Waals surface area contributed by atoms with E-state index in [0.717, 1.165) is 0 Å². The number of nitrogens with two attached hydrogens (primary N) is 1. The van der Waals surface area contributed by atoms with Gasteiger partial charge in [-0.25, -0.2) is 9.55 Å². The second kappa shape index (κ2) is 12.0. The molecule has 1 aliphatic heterocycles. The summed E-state index contributed by atoms with van der Waals surface area (Å²) in [4.78, 5) is 24.9. The van der Waals surface area contributed by atoms with Crippen LogP contribution in [-0.4, -0.2) is 64.6 Å². The van der Waals surface area contributed by atoms with Gasteiger partial charge in [-0.1, -0.05) is 18.2 Å². The van der Waals surface area contributed by atoms with E-state index in [2.05, 4.69) is 25.4 Å². The molecule has 4 rings (SSSR count). The van der Waals surface area contributed by atoms with Crippen LogP contribution in [-0.2, 0) is 23.4 Å². The summed E-state index contributed by atoms with van der Waals surface area (Å²) >= 11 is 0. The van der Waals surface area contributed by atoms with Crippen LogP contribution in [0.25, 0.3) is 11.2 Å². The van der Waals surface area contributed by atoms with Crippen molar-refractivity contribution >= 4 is 36.6 Å². The normalized spacial score (nSPS) is 21.6. The third kappa shape index (κ3) is 6.21. The molecule has 0 saturated carbocycles. The molecular formula is C23H31FN7O6P. The van der Waals surface area contributed by atoms with Gasteiger partial charge in [0.05, 0.1) is 32.3 Å². The minimum Gasteiger partial charge on any atom is -0.465 e. The molecule has 4 N–H and O–H groups in total. The number of carbonyl (C=O) groups is 1. The lowest BCUT2D eigenvalue weighted by molar-refractivity contribution is -0.144. The van der Waals surface area contributed by atoms with Crippen LogP contribution < -0.4 is 20.7 Å². The molecule has 0 bridgehead atoms. The van der Waals surface area contributed by atoms with Crippen LogP contribution in [0.1, 0.15) is 26.5 Å². The van der Waals surface area contributed by atoms with Crippen molar-refractivity contribution in [3.8, 4) is 5.75 Å². The summed E-state index contributed by atoms with van der Waals surface area (Å²) in [5.74, 6) is -0.442. The number of para-hydroxylation sites is 1. The molecule has 5 atom stereocenters. The van der Waals surface area contributed by atoms with Crippen LogP contribution in [0.5, 0.6) is 5.75 Å². The first-order valence-corrected chi connectivity index (χ1v) is 13.6. The third-order valence-electron chi connectivity index (χ3n) is 5.84. The fourth-order valence-corrected chi connectivity index (χ4v) is 5.62. The number of nitrogens with zero attached hydrogens (tertiary/aromatic N) is 4. The second-order valence-corrected chi connectivity index (χ2v) is 10.3.